The van der Waals surface area contributed by atoms with Gasteiger partial charge >= 0.3 is 0 Å². The number of carbonyl (C=O) groups excluding carboxylic acids is 1. The molecule has 0 radical (unpaired) electrons. The maximum absolute atomic E-state index is 12.0. The van der Waals surface area contributed by atoms with Gasteiger partial charge in [-0.3, -0.25) is 4.79 Å². The van der Waals surface area contributed by atoms with E-state index in [0.717, 1.165) is 22.9 Å². The number of hydrogen-bond acceptors (Lipinski definition) is 6. The number of nitrogens with one attached hydrogen (secondary N) is 1. The molecule has 0 fully saturated rings. The van der Waals surface area contributed by atoms with Crippen molar-refractivity contribution in [1.82, 2.24) is 10.2 Å². The Morgan fingerprint density at radius 3 is 2.83 bits per heavy atom. The highest BCUT2D eigenvalue weighted by atomic mass is 35.5. The van der Waals surface area contributed by atoms with Crippen molar-refractivity contribution in [2.24, 2.45) is 0 Å². The first-order valence-corrected chi connectivity index (χ1v) is 8.46. The quantitative estimate of drug-likeness (QED) is 0.679. The molecule has 0 saturated carbocycles. The van der Waals surface area contributed by atoms with Crippen LogP contribution < -0.4 is 5.32 Å². The van der Waals surface area contributed by atoms with E-state index in [1.807, 2.05) is 19.9 Å². The van der Waals surface area contributed by atoms with Gasteiger partial charge in [-0.05, 0) is 37.6 Å². The standard InChI is InChI=1S/C16H14ClN3O3S/c1-9-3-4-11(7-13(9)17)18-14(21)8-24-16-20-19-15(23-16)12-5-6-22-10(12)2/h3-7H,8H2,1-2H3,(H,18,21). The maximum atomic E-state index is 12.0. The van der Waals surface area contributed by atoms with Crippen molar-refractivity contribution >= 4 is 35.0 Å². The van der Waals surface area contributed by atoms with E-state index in [4.69, 9.17) is 20.4 Å². The molecule has 3 rings (SSSR count). The number of anilines is 1. The molecule has 0 aliphatic carbocycles. The van der Waals surface area contributed by atoms with Crippen LogP contribution in [0.4, 0.5) is 5.69 Å². The van der Waals surface area contributed by atoms with Gasteiger partial charge in [0.2, 0.25) is 5.91 Å². The largest absolute Gasteiger partial charge is 0.469 e. The summed E-state index contributed by atoms with van der Waals surface area (Å²) in [5.41, 5.74) is 2.35. The molecule has 3 aromatic rings. The van der Waals surface area contributed by atoms with Crippen LogP contribution in [0.5, 0.6) is 0 Å². The van der Waals surface area contributed by atoms with Crippen molar-refractivity contribution in [3.05, 3.63) is 46.9 Å². The van der Waals surface area contributed by atoms with Gasteiger partial charge in [0, 0.05) is 10.7 Å². The second-order valence-electron chi connectivity index (χ2n) is 5.06. The number of furan rings is 1. The zero-order chi connectivity index (χ0) is 17.1. The molecule has 0 atom stereocenters. The smallest absolute Gasteiger partial charge is 0.277 e. The van der Waals surface area contributed by atoms with Gasteiger partial charge in [0.05, 0.1) is 17.6 Å². The second-order valence-corrected chi connectivity index (χ2v) is 6.40. The van der Waals surface area contributed by atoms with Crippen LogP contribution in [0.2, 0.25) is 5.02 Å². The van der Waals surface area contributed by atoms with Crippen LogP contribution in [0.15, 0.2) is 44.6 Å². The first kappa shape index (κ1) is 16.6. The minimum absolute atomic E-state index is 0.150. The lowest BCUT2D eigenvalue weighted by Crippen LogP contribution is -2.14. The highest BCUT2D eigenvalue weighted by Gasteiger charge is 2.14. The summed E-state index contributed by atoms with van der Waals surface area (Å²) in [5.74, 6) is 1.04. The summed E-state index contributed by atoms with van der Waals surface area (Å²) in [4.78, 5) is 12.0. The Labute approximate surface area is 147 Å². The lowest BCUT2D eigenvalue weighted by Gasteiger charge is -2.05. The SMILES string of the molecule is Cc1ccc(NC(=O)CSc2nnc(-c3ccoc3C)o2)cc1Cl. The summed E-state index contributed by atoms with van der Waals surface area (Å²) >= 11 is 7.20. The topological polar surface area (TPSA) is 81.2 Å². The fourth-order valence-electron chi connectivity index (χ4n) is 1.98. The van der Waals surface area contributed by atoms with E-state index in [0.29, 0.717) is 27.6 Å². The van der Waals surface area contributed by atoms with Crippen LogP contribution in [-0.2, 0) is 4.79 Å². The molecule has 0 aliphatic rings. The average Bonchev–Trinajstić information content (AvgIpc) is 3.17. The Morgan fingerprint density at radius 2 is 2.12 bits per heavy atom. The predicted octanol–water partition coefficient (Wildman–Crippen LogP) is 4.33. The number of carbonyl (C=O) groups is 1. The Morgan fingerprint density at radius 1 is 1.29 bits per heavy atom. The number of aromatic nitrogens is 2. The Bertz CT molecular complexity index is 875. The van der Waals surface area contributed by atoms with Gasteiger partial charge in [-0.25, -0.2) is 0 Å². The van der Waals surface area contributed by atoms with Crippen molar-refractivity contribution in [3.63, 3.8) is 0 Å². The molecule has 0 spiro atoms. The van der Waals surface area contributed by atoms with Crippen LogP contribution in [0.3, 0.4) is 0 Å². The number of nitrogens with zero attached hydrogens (tertiary/aromatic N) is 2. The highest BCUT2D eigenvalue weighted by Crippen LogP contribution is 2.26. The summed E-state index contributed by atoms with van der Waals surface area (Å²) in [5, 5.41) is 11.6. The van der Waals surface area contributed by atoms with Gasteiger partial charge in [0.1, 0.15) is 5.76 Å². The third-order valence-corrected chi connectivity index (χ3v) is 4.50. The van der Waals surface area contributed by atoms with Gasteiger partial charge in [0.25, 0.3) is 11.1 Å². The lowest BCUT2D eigenvalue weighted by atomic mass is 10.2. The molecule has 1 N–H and O–H groups in total. The highest BCUT2D eigenvalue weighted by molar-refractivity contribution is 7.99. The van der Waals surface area contributed by atoms with E-state index in [1.165, 1.54) is 0 Å². The maximum Gasteiger partial charge on any atom is 0.277 e. The molecular weight excluding hydrogens is 350 g/mol. The summed E-state index contributed by atoms with van der Waals surface area (Å²) in [7, 11) is 0. The van der Waals surface area contributed by atoms with Crippen LogP contribution in [0.1, 0.15) is 11.3 Å². The van der Waals surface area contributed by atoms with Crippen molar-refractivity contribution in [1.29, 1.82) is 0 Å². The van der Waals surface area contributed by atoms with E-state index in [-0.39, 0.29) is 11.7 Å². The number of aryl methyl sites for hydroxylation is 2. The number of halogens is 1. The van der Waals surface area contributed by atoms with E-state index in [9.17, 15) is 4.79 Å². The molecule has 124 valence electrons. The van der Waals surface area contributed by atoms with Crippen molar-refractivity contribution in [3.8, 4) is 11.5 Å². The third-order valence-electron chi connectivity index (χ3n) is 3.28. The molecule has 8 heteroatoms. The second kappa shape index (κ2) is 7.11. The molecule has 24 heavy (non-hydrogen) atoms. The first-order valence-electron chi connectivity index (χ1n) is 7.09. The number of thioether (sulfide) groups is 1. The average molecular weight is 364 g/mol. The molecule has 0 aliphatic heterocycles. The number of amides is 1. The van der Waals surface area contributed by atoms with Gasteiger partial charge in [-0.1, -0.05) is 29.4 Å². The fraction of sp³-hybridized carbons (Fsp3) is 0.188. The van der Waals surface area contributed by atoms with E-state index in [2.05, 4.69) is 15.5 Å². The summed E-state index contributed by atoms with van der Waals surface area (Å²) in [6, 6.07) is 7.12. The van der Waals surface area contributed by atoms with E-state index < -0.39 is 0 Å². The fourth-order valence-corrected chi connectivity index (χ4v) is 2.72. The van der Waals surface area contributed by atoms with Crippen LogP contribution in [-0.4, -0.2) is 21.9 Å². The minimum Gasteiger partial charge on any atom is -0.469 e. The Kier molecular flexibility index (Phi) is 4.92. The number of rotatable bonds is 5. The lowest BCUT2D eigenvalue weighted by molar-refractivity contribution is -0.113. The van der Waals surface area contributed by atoms with Crippen LogP contribution in [0, 0.1) is 13.8 Å². The molecular formula is C16H14ClN3O3S. The number of hydrogen-bond donors (Lipinski definition) is 1. The molecule has 0 unspecified atom stereocenters. The van der Waals surface area contributed by atoms with Crippen molar-refractivity contribution in [2.75, 3.05) is 11.1 Å². The summed E-state index contributed by atoms with van der Waals surface area (Å²) in [6.07, 6.45) is 1.56. The van der Waals surface area contributed by atoms with E-state index in [1.54, 1.807) is 24.5 Å². The van der Waals surface area contributed by atoms with Crippen molar-refractivity contribution < 1.29 is 13.6 Å². The molecule has 0 bridgehead atoms. The zero-order valence-electron chi connectivity index (χ0n) is 13.0. The molecule has 2 aromatic heterocycles. The van der Waals surface area contributed by atoms with Crippen LogP contribution in [0.25, 0.3) is 11.5 Å². The Balaban J connectivity index is 1.57. The summed E-state index contributed by atoms with van der Waals surface area (Å²) in [6.45, 7) is 3.71. The Hall–Kier alpha value is -2.25. The van der Waals surface area contributed by atoms with Gasteiger partial charge in [-0.15, -0.1) is 10.2 Å². The molecule has 0 saturated heterocycles. The predicted molar refractivity (Wildman–Crippen MR) is 92.3 cm³/mol. The first-order chi connectivity index (χ1) is 11.5. The third kappa shape index (κ3) is 3.80. The summed E-state index contributed by atoms with van der Waals surface area (Å²) < 4.78 is 10.7. The van der Waals surface area contributed by atoms with Crippen molar-refractivity contribution in [2.45, 2.75) is 19.1 Å². The van der Waals surface area contributed by atoms with Gasteiger partial charge in [0.15, 0.2) is 0 Å². The molecule has 1 aromatic carbocycles. The minimum atomic E-state index is -0.181. The zero-order valence-corrected chi connectivity index (χ0v) is 14.6. The molecule has 6 nitrogen and oxygen atoms in total. The normalized spacial score (nSPS) is 10.8. The molecule has 2 heterocycles. The van der Waals surface area contributed by atoms with Gasteiger partial charge < -0.3 is 14.2 Å². The van der Waals surface area contributed by atoms with E-state index >= 15 is 0 Å². The van der Waals surface area contributed by atoms with Gasteiger partial charge in [-0.2, -0.15) is 0 Å². The van der Waals surface area contributed by atoms with Crippen LogP contribution >= 0.6 is 23.4 Å². The number of benzene rings is 1. The monoisotopic (exact) mass is 363 g/mol. The molecule has 1 amide bonds.